The van der Waals surface area contributed by atoms with Gasteiger partial charge < -0.3 is 38.3 Å². The largest absolute Gasteiger partial charge is 3.00 e. The van der Waals surface area contributed by atoms with Crippen LogP contribution in [0.25, 0.3) is 0 Å². The minimum Gasteiger partial charge on any atom is -0.870 e. The minimum absolute atomic E-state index is 0. The molecule has 0 aromatic carbocycles. The molecule has 0 unspecified atom stereocenters. The quantitative estimate of drug-likeness (QED) is 0.466. The molecule has 1 radical (unpaired) electrons. The Morgan fingerprint density at radius 2 is 0.400 bits per heavy atom. The maximum Gasteiger partial charge on any atom is 3.00 e. The van der Waals surface area contributed by atoms with Crippen molar-refractivity contribution in [1.29, 1.82) is 0 Å². The van der Waals surface area contributed by atoms with Crippen LogP contribution in [0.1, 0.15) is 0 Å². The van der Waals surface area contributed by atoms with Gasteiger partial charge in [-0.1, -0.05) is 0 Å². The third kappa shape index (κ3) is 383. The molecule has 0 aromatic heterocycles. The van der Waals surface area contributed by atoms with Crippen LogP contribution in [0.5, 0.6) is 0 Å². The van der Waals surface area contributed by atoms with Gasteiger partial charge in [0.25, 0.3) is 0 Å². The Hall–Kier alpha value is 1.29. The van der Waals surface area contributed by atoms with Gasteiger partial charge in [-0.25, -0.2) is 0 Å². The summed E-state index contributed by atoms with van der Waals surface area (Å²) in [7, 11) is 0. The van der Waals surface area contributed by atoms with Crippen molar-refractivity contribution >= 4 is 17.4 Å². The maximum absolute atomic E-state index is 0. The number of hydrogen-bond acceptors (Lipinski definition) is 7. The van der Waals surface area contributed by atoms with Crippen molar-refractivity contribution in [2.24, 2.45) is 0 Å². The zero-order chi connectivity index (χ0) is 0. The molecular formula is H7AlCuFeO7. The summed E-state index contributed by atoms with van der Waals surface area (Å²) in [4.78, 5) is 0. The smallest absolute Gasteiger partial charge is 0.870 e. The van der Waals surface area contributed by atoms with E-state index in [1.54, 1.807) is 0 Å². The average molecular weight is 265 g/mol. The topological polar surface area (TPSA) is 210 Å². The molecule has 0 bridgehead atoms. The summed E-state index contributed by atoms with van der Waals surface area (Å²) in [6.45, 7) is 0. The van der Waals surface area contributed by atoms with Crippen LogP contribution in [0.2, 0.25) is 0 Å². The van der Waals surface area contributed by atoms with Crippen LogP contribution < -0.4 is 0 Å². The zero-order valence-corrected chi connectivity index (χ0v) is 7.56. The molecule has 7 N–H and O–H groups in total. The van der Waals surface area contributed by atoms with Gasteiger partial charge in [0, 0.05) is 0 Å². The van der Waals surface area contributed by atoms with E-state index in [2.05, 4.69) is 0 Å². The van der Waals surface area contributed by atoms with E-state index in [4.69, 9.17) is 0 Å². The SMILES string of the molecule is [Al+3].[Cu+2].[Fe+2].[OH-].[OH-].[OH-].[OH-].[OH-].[OH-].[OH-]. The summed E-state index contributed by atoms with van der Waals surface area (Å²) in [6.07, 6.45) is 0. The molecule has 0 aliphatic rings. The van der Waals surface area contributed by atoms with Crippen LogP contribution in [0.4, 0.5) is 0 Å². The van der Waals surface area contributed by atoms with Crippen molar-refractivity contribution in [3.8, 4) is 0 Å². The van der Waals surface area contributed by atoms with Crippen LogP contribution in [-0.2, 0) is 34.1 Å². The Labute approximate surface area is 89.8 Å². The van der Waals surface area contributed by atoms with Gasteiger partial charge in [-0.2, -0.15) is 0 Å². The first kappa shape index (κ1) is 717. The predicted octanol–water partition coefficient (Wildman–Crippen LogP) is -1.62. The second-order valence-electron chi connectivity index (χ2n) is 0. The molecule has 0 heterocycles. The van der Waals surface area contributed by atoms with E-state index in [1.165, 1.54) is 0 Å². The third-order valence-electron chi connectivity index (χ3n) is 0. The first-order valence-corrected chi connectivity index (χ1v) is 0. The van der Waals surface area contributed by atoms with E-state index in [-0.39, 0.29) is 89.8 Å². The van der Waals surface area contributed by atoms with E-state index in [9.17, 15) is 0 Å². The monoisotopic (exact) mass is 265 g/mol. The molecule has 0 aliphatic heterocycles. The maximum atomic E-state index is 0. The third-order valence-corrected chi connectivity index (χ3v) is 0. The fraction of sp³-hybridized carbons (Fsp3) is 0. The van der Waals surface area contributed by atoms with E-state index in [0.717, 1.165) is 0 Å². The molecule has 0 aromatic rings. The molecule has 7 nitrogen and oxygen atoms in total. The molecule has 0 amide bonds. The molecule has 0 saturated carbocycles. The molecule has 0 fully saturated rings. The van der Waals surface area contributed by atoms with Crippen molar-refractivity contribution in [1.82, 2.24) is 0 Å². The summed E-state index contributed by atoms with van der Waals surface area (Å²) < 4.78 is 0. The minimum atomic E-state index is 0. The zero-order valence-electron chi connectivity index (χ0n) is 4.36. The molecule has 71 valence electrons. The Morgan fingerprint density at radius 1 is 0.400 bits per heavy atom. The van der Waals surface area contributed by atoms with Gasteiger partial charge in [0.1, 0.15) is 0 Å². The summed E-state index contributed by atoms with van der Waals surface area (Å²) in [5.41, 5.74) is 0. The molecule has 0 atom stereocenters. The Kier molecular flexibility index (Phi) is 38200. The van der Waals surface area contributed by atoms with Gasteiger partial charge in [-0.05, 0) is 0 Å². The van der Waals surface area contributed by atoms with Crippen LogP contribution >= 0.6 is 0 Å². The van der Waals surface area contributed by atoms with Crippen molar-refractivity contribution in [2.45, 2.75) is 0 Å². The Balaban J connectivity index is 0. The van der Waals surface area contributed by atoms with Crippen LogP contribution in [-0.4, -0.2) is 55.7 Å². The van der Waals surface area contributed by atoms with Crippen molar-refractivity contribution in [3.05, 3.63) is 0 Å². The second-order valence-corrected chi connectivity index (χ2v) is 0. The fourth-order valence-corrected chi connectivity index (χ4v) is 0. The van der Waals surface area contributed by atoms with Crippen molar-refractivity contribution in [3.63, 3.8) is 0 Å². The molecule has 0 spiro atoms. The Morgan fingerprint density at radius 3 is 0.400 bits per heavy atom. The summed E-state index contributed by atoms with van der Waals surface area (Å²) in [5, 5.41) is 0. The predicted molar refractivity (Wildman–Crippen MR) is 19.3 cm³/mol. The van der Waals surface area contributed by atoms with Gasteiger partial charge in [-0.15, -0.1) is 0 Å². The van der Waals surface area contributed by atoms with Gasteiger partial charge >= 0.3 is 51.5 Å². The standard InChI is InChI=1S/Al.Cu.Fe.7H2O/h;;;7*1H2/q+3;2*+2;;;;;;;/p-7. The molecule has 10 heteroatoms. The van der Waals surface area contributed by atoms with Crippen LogP contribution in [0.3, 0.4) is 0 Å². The summed E-state index contributed by atoms with van der Waals surface area (Å²) in [6, 6.07) is 0. The van der Waals surface area contributed by atoms with E-state index in [0.29, 0.717) is 0 Å². The molecular weight excluding hydrogens is 258 g/mol. The number of rotatable bonds is 0. The van der Waals surface area contributed by atoms with Gasteiger partial charge in [0.05, 0.1) is 0 Å². The molecule has 0 aliphatic carbocycles. The van der Waals surface area contributed by atoms with Crippen molar-refractivity contribution in [2.75, 3.05) is 0 Å². The fourth-order valence-electron chi connectivity index (χ4n) is 0. The Bertz CT molecular complexity index is 13.6. The van der Waals surface area contributed by atoms with E-state index in [1.807, 2.05) is 0 Å². The van der Waals surface area contributed by atoms with Crippen LogP contribution in [0, 0.1) is 0 Å². The summed E-state index contributed by atoms with van der Waals surface area (Å²) >= 11 is 0. The van der Waals surface area contributed by atoms with Gasteiger partial charge in [0.15, 0.2) is 0 Å². The first-order chi connectivity index (χ1) is 0. The van der Waals surface area contributed by atoms with Crippen molar-refractivity contribution < 1.29 is 72.5 Å². The van der Waals surface area contributed by atoms with Gasteiger partial charge in [-0.3, -0.25) is 0 Å². The summed E-state index contributed by atoms with van der Waals surface area (Å²) in [5.74, 6) is 0. The van der Waals surface area contributed by atoms with E-state index >= 15 is 0 Å². The second kappa shape index (κ2) is 533. The molecule has 10 heavy (non-hydrogen) atoms. The molecule has 0 saturated heterocycles. The van der Waals surface area contributed by atoms with Gasteiger partial charge in [0.2, 0.25) is 0 Å². The first-order valence-electron chi connectivity index (χ1n) is 0. The molecule has 0 rings (SSSR count). The normalized spacial score (nSPS) is 0. The van der Waals surface area contributed by atoms with Crippen LogP contribution in [0.15, 0.2) is 0 Å². The van der Waals surface area contributed by atoms with E-state index < -0.39 is 0 Å². The average Bonchev–Trinajstić information content (AvgIpc) is 0. The number of hydrogen-bond donors (Lipinski definition) is 0.